The van der Waals surface area contributed by atoms with Crippen molar-refractivity contribution in [3.8, 4) is 55.6 Å². The van der Waals surface area contributed by atoms with Crippen LogP contribution in [0.3, 0.4) is 0 Å². The highest BCUT2D eigenvalue weighted by Crippen LogP contribution is 2.48. The van der Waals surface area contributed by atoms with Crippen LogP contribution in [-0.4, -0.2) is 0 Å². The molecule has 1 aromatic heterocycles. The third-order valence-electron chi connectivity index (χ3n) is 8.59. The largest absolute Gasteiger partial charge is 0.135 e. The molecular weight excluding hydrogens is 513 g/mol. The highest BCUT2D eigenvalue weighted by molar-refractivity contribution is 7.26. The number of rotatable bonds is 3. The van der Waals surface area contributed by atoms with Crippen molar-refractivity contribution >= 4 is 42.3 Å². The van der Waals surface area contributed by atoms with Gasteiger partial charge in [-0.1, -0.05) is 115 Å². The van der Waals surface area contributed by atoms with Gasteiger partial charge in [0.1, 0.15) is 0 Å². The lowest BCUT2D eigenvalue weighted by Crippen LogP contribution is -1.85. The van der Waals surface area contributed by atoms with Crippen molar-refractivity contribution in [3.63, 3.8) is 0 Å². The lowest BCUT2D eigenvalue weighted by Gasteiger charge is -2.11. The zero-order valence-electron chi connectivity index (χ0n) is 22.3. The number of benzene rings is 7. The van der Waals surface area contributed by atoms with Gasteiger partial charge in [-0.3, -0.25) is 0 Å². The Morgan fingerprint density at radius 2 is 0.927 bits per heavy atom. The minimum Gasteiger partial charge on any atom is -0.135 e. The summed E-state index contributed by atoms with van der Waals surface area (Å²) in [6, 6.07) is 53.7. The molecule has 0 spiro atoms. The molecule has 7 aromatic carbocycles. The van der Waals surface area contributed by atoms with Gasteiger partial charge in [-0.05, 0) is 96.7 Å². The average molecular weight is 537 g/mol. The second kappa shape index (κ2) is 8.76. The Balaban J connectivity index is 1.16. The molecule has 8 aromatic rings. The minimum atomic E-state index is 1.23. The summed E-state index contributed by atoms with van der Waals surface area (Å²) >= 11 is 1.89. The Morgan fingerprint density at radius 3 is 1.78 bits per heavy atom. The van der Waals surface area contributed by atoms with E-state index in [1.54, 1.807) is 0 Å². The SMILES string of the molecule is c1cc(-c2cccc(-c3cccc4c3sc3ccccc34)c2)cc(-c2cc3c4c(cccc4c2)-c2ccccc2-3)c1. The molecule has 1 aliphatic carbocycles. The molecule has 9 rings (SSSR count). The van der Waals surface area contributed by atoms with E-state index in [0.29, 0.717) is 0 Å². The van der Waals surface area contributed by atoms with E-state index in [2.05, 4.69) is 146 Å². The van der Waals surface area contributed by atoms with Crippen LogP contribution in [0.4, 0.5) is 0 Å². The molecule has 0 fully saturated rings. The third kappa shape index (κ3) is 3.46. The lowest BCUT2D eigenvalue weighted by molar-refractivity contribution is 1.59. The van der Waals surface area contributed by atoms with Crippen LogP contribution in [0.1, 0.15) is 0 Å². The molecule has 0 N–H and O–H groups in total. The molecule has 1 heteroatoms. The topological polar surface area (TPSA) is 0 Å². The van der Waals surface area contributed by atoms with Gasteiger partial charge in [0.15, 0.2) is 0 Å². The zero-order valence-corrected chi connectivity index (χ0v) is 23.1. The van der Waals surface area contributed by atoms with Crippen molar-refractivity contribution in [3.05, 3.63) is 146 Å². The summed E-state index contributed by atoms with van der Waals surface area (Å²) < 4.78 is 2.70. The molecule has 0 nitrogen and oxygen atoms in total. The fourth-order valence-corrected chi connectivity index (χ4v) is 7.94. The van der Waals surface area contributed by atoms with Crippen LogP contribution in [0.25, 0.3) is 86.6 Å². The summed E-state index contributed by atoms with van der Waals surface area (Å²) in [7, 11) is 0. The Hall–Kier alpha value is -4.98. The van der Waals surface area contributed by atoms with Gasteiger partial charge in [-0.25, -0.2) is 0 Å². The number of hydrogen-bond donors (Lipinski definition) is 0. The summed E-state index contributed by atoms with van der Waals surface area (Å²) in [5, 5.41) is 5.35. The van der Waals surface area contributed by atoms with E-state index in [1.807, 2.05) is 11.3 Å². The highest BCUT2D eigenvalue weighted by Gasteiger charge is 2.21. The van der Waals surface area contributed by atoms with Crippen LogP contribution in [-0.2, 0) is 0 Å². The maximum Gasteiger partial charge on any atom is 0.0433 e. The van der Waals surface area contributed by atoms with Crippen molar-refractivity contribution in [1.29, 1.82) is 0 Å². The van der Waals surface area contributed by atoms with Crippen molar-refractivity contribution in [2.75, 3.05) is 0 Å². The molecule has 0 saturated carbocycles. The molecule has 0 saturated heterocycles. The second-order valence-corrected chi connectivity index (χ2v) is 12.0. The Morgan fingerprint density at radius 1 is 0.341 bits per heavy atom. The van der Waals surface area contributed by atoms with Crippen molar-refractivity contribution in [1.82, 2.24) is 0 Å². The summed E-state index contributed by atoms with van der Waals surface area (Å²) in [5.74, 6) is 0. The maximum absolute atomic E-state index is 2.38. The Kier molecular flexibility index (Phi) is 4.87. The quantitative estimate of drug-likeness (QED) is 0.211. The molecule has 0 radical (unpaired) electrons. The zero-order chi connectivity index (χ0) is 26.9. The van der Waals surface area contributed by atoms with Gasteiger partial charge in [-0.2, -0.15) is 0 Å². The first kappa shape index (κ1) is 22.8. The van der Waals surface area contributed by atoms with Crippen molar-refractivity contribution < 1.29 is 0 Å². The first-order chi connectivity index (χ1) is 20.3. The molecule has 41 heavy (non-hydrogen) atoms. The third-order valence-corrected chi connectivity index (χ3v) is 9.81. The van der Waals surface area contributed by atoms with E-state index in [0.717, 1.165) is 0 Å². The van der Waals surface area contributed by atoms with E-state index in [-0.39, 0.29) is 0 Å². The Labute approximate surface area is 242 Å². The molecule has 0 amide bonds. The van der Waals surface area contributed by atoms with Gasteiger partial charge < -0.3 is 0 Å². The predicted octanol–water partition coefficient (Wildman–Crippen LogP) is 11.9. The van der Waals surface area contributed by atoms with Gasteiger partial charge in [0, 0.05) is 20.2 Å². The fourth-order valence-electron chi connectivity index (χ4n) is 6.70. The number of fused-ring (bicyclic) bond motifs is 6. The van der Waals surface area contributed by atoms with Gasteiger partial charge in [0.05, 0.1) is 0 Å². The van der Waals surface area contributed by atoms with Gasteiger partial charge in [-0.15, -0.1) is 11.3 Å². The van der Waals surface area contributed by atoms with Crippen molar-refractivity contribution in [2.24, 2.45) is 0 Å². The van der Waals surface area contributed by atoms with Crippen LogP contribution in [0.5, 0.6) is 0 Å². The van der Waals surface area contributed by atoms with Crippen LogP contribution < -0.4 is 0 Å². The smallest absolute Gasteiger partial charge is 0.0433 e. The number of thiophene rings is 1. The molecule has 0 atom stereocenters. The summed E-state index contributed by atoms with van der Waals surface area (Å²) in [6.45, 7) is 0. The molecule has 190 valence electrons. The Bertz CT molecular complexity index is 2320. The fraction of sp³-hybridized carbons (Fsp3) is 0. The minimum absolute atomic E-state index is 1.23. The first-order valence-electron chi connectivity index (χ1n) is 14.1. The van der Waals surface area contributed by atoms with Crippen LogP contribution >= 0.6 is 11.3 Å². The summed E-state index contributed by atoms with van der Waals surface area (Å²) in [4.78, 5) is 0. The van der Waals surface area contributed by atoms with Crippen LogP contribution in [0, 0.1) is 0 Å². The molecule has 1 heterocycles. The first-order valence-corrected chi connectivity index (χ1v) is 14.9. The van der Waals surface area contributed by atoms with E-state index < -0.39 is 0 Å². The number of hydrogen-bond acceptors (Lipinski definition) is 1. The molecule has 0 aliphatic heterocycles. The van der Waals surface area contributed by atoms with Crippen LogP contribution in [0.2, 0.25) is 0 Å². The molecular formula is C40H24S. The summed E-state index contributed by atoms with van der Waals surface area (Å²) in [5.41, 5.74) is 12.9. The van der Waals surface area contributed by atoms with Crippen LogP contribution in [0.15, 0.2) is 146 Å². The predicted molar refractivity (Wildman–Crippen MR) is 178 cm³/mol. The molecule has 0 bridgehead atoms. The van der Waals surface area contributed by atoms with Gasteiger partial charge >= 0.3 is 0 Å². The normalized spacial score (nSPS) is 11.9. The lowest BCUT2D eigenvalue weighted by atomic mass is 9.93. The highest BCUT2D eigenvalue weighted by atomic mass is 32.1. The standard InChI is InChI=1S/C40H24S/c1-2-15-33-32(14-1)35-18-7-13-29-23-30(24-37(33)39(29)35)27-11-5-9-25(21-27)26-10-6-12-28(22-26)31-17-8-19-36-34-16-3-4-20-38(34)41-40(31)36/h1-24H. The van der Waals surface area contributed by atoms with E-state index in [4.69, 9.17) is 0 Å². The molecule has 1 aliphatic rings. The second-order valence-electron chi connectivity index (χ2n) is 10.9. The van der Waals surface area contributed by atoms with Gasteiger partial charge in [0.2, 0.25) is 0 Å². The molecule has 0 unspecified atom stereocenters. The average Bonchev–Trinajstić information content (AvgIpc) is 3.58. The van der Waals surface area contributed by atoms with E-state index >= 15 is 0 Å². The monoisotopic (exact) mass is 536 g/mol. The summed E-state index contributed by atoms with van der Waals surface area (Å²) in [6.07, 6.45) is 0. The van der Waals surface area contributed by atoms with Crippen molar-refractivity contribution in [2.45, 2.75) is 0 Å². The van der Waals surface area contributed by atoms with E-state index in [9.17, 15) is 0 Å². The van der Waals surface area contributed by atoms with Gasteiger partial charge in [0.25, 0.3) is 0 Å². The van der Waals surface area contributed by atoms with E-state index in [1.165, 1.54) is 86.6 Å². The maximum atomic E-state index is 2.38.